The minimum absolute atomic E-state index is 0.255. The molecule has 0 aromatic rings. The smallest absolute Gasteiger partial charge is 0.151 e. The largest absolute Gasteiger partial charge is 0.512 e. The number of nitrogens with one attached hydrogen (secondary N) is 1. The molecule has 3 rings (SSSR count). The standard InChI is InChI=1S/C19H29ClN2O2/c1-12(2)9-13-7-8-14(10-13)24-18-11-17(20)21-19(22-18)15-5-3-4-6-16(15)23/h11-14,18,23H,3-10H2,1-2H3,(H,21,22). The van der Waals surface area contributed by atoms with E-state index in [-0.39, 0.29) is 12.3 Å². The highest BCUT2D eigenvalue weighted by Gasteiger charge is 2.29. The number of hydrogen-bond donors (Lipinski definition) is 2. The third kappa shape index (κ3) is 4.54. The molecule has 2 N–H and O–H groups in total. The van der Waals surface area contributed by atoms with Crippen LogP contribution in [0.15, 0.2) is 27.6 Å². The third-order valence-electron chi connectivity index (χ3n) is 5.15. The van der Waals surface area contributed by atoms with Gasteiger partial charge >= 0.3 is 0 Å². The highest BCUT2D eigenvalue weighted by Crippen LogP contribution is 2.33. The Kier molecular flexibility index (Phi) is 5.88. The second kappa shape index (κ2) is 7.92. The molecule has 4 nitrogen and oxygen atoms in total. The molecule has 2 aliphatic carbocycles. The molecule has 134 valence electrons. The van der Waals surface area contributed by atoms with Crippen LogP contribution in [0.3, 0.4) is 0 Å². The Morgan fingerprint density at radius 2 is 2.12 bits per heavy atom. The van der Waals surface area contributed by atoms with Gasteiger partial charge in [0.15, 0.2) is 6.23 Å². The van der Waals surface area contributed by atoms with Crippen molar-refractivity contribution in [1.82, 2.24) is 5.32 Å². The summed E-state index contributed by atoms with van der Waals surface area (Å²) >= 11 is 6.21. The van der Waals surface area contributed by atoms with Gasteiger partial charge in [-0.05, 0) is 56.8 Å². The first-order chi connectivity index (χ1) is 11.5. The van der Waals surface area contributed by atoms with Gasteiger partial charge in [-0.15, -0.1) is 0 Å². The molecule has 1 fully saturated rings. The minimum atomic E-state index is -0.255. The van der Waals surface area contributed by atoms with E-state index in [4.69, 9.17) is 16.3 Å². The summed E-state index contributed by atoms with van der Waals surface area (Å²) in [6, 6.07) is 0. The van der Waals surface area contributed by atoms with Crippen LogP contribution in [0.5, 0.6) is 0 Å². The maximum Gasteiger partial charge on any atom is 0.151 e. The van der Waals surface area contributed by atoms with E-state index in [2.05, 4.69) is 24.2 Å². The van der Waals surface area contributed by atoms with Crippen molar-refractivity contribution in [3.8, 4) is 0 Å². The molecule has 0 bridgehead atoms. The molecule has 0 saturated heterocycles. The molecule has 0 spiro atoms. The quantitative estimate of drug-likeness (QED) is 0.683. The van der Waals surface area contributed by atoms with Crippen LogP contribution in [0.1, 0.15) is 65.2 Å². The molecule has 1 heterocycles. The number of halogens is 1. The molecular formula is C19H29ClN2O2. The molecule has 0 aromatic heterocycles. The lowest BCUT2D eigenvalue weighted by molar-refractivity contribution is 0.00694. The number of rotatable bonds is 5. The van der Waals surface area contributed by atoms with Crippen molar-refractivity contribution in [1.29, 1.82) is 0 Å². The molecule has 0 radical (unpaired) electrons. The van der Waals surface area contributed by atoms with Crippen molar-refractivity contribution in [2.45, 2.75) is 77.5 Å². The Morgan fingerprint density at radius 3 is 2.88 bits per heavy atom. The zero-order valence-corrected chi connectivity index (χ0v) is 15.5. The lowest BCUT2D eigenvalue weighted by atomic mass is 9.96. The van der Waals surface area contributed by atoms with Gasteiger partial charge in [0, 0.05) is 18.1 Å². The minimum Gasteiger partial charge on any atom is -0.512 e. The molecule has 5 heteroatoms. The summed E-state index contributed by atoms with van der Waals surface area (Å²) in [7, 11) is 0. The van der Waals surface area contributed by atoms with Crippen LogP contribution in [-0.2, 0) is 4.74 Å². The first-order valence-corrected chi connectivity index (χ1v) is 9.68. The van der Waals surface area contributed by atoms with Gasteiger partial charge in [0.2, 0.25) is 0 Å². The SMILES string of the molecule is CC(C)CC1CCC(OC2C=C(Cl)N=C(C3=C(O)CCCC3)N2)C1. The van der Waals surface area contributed by atoms with Crippen molar-refractivity contribution < 1.29 is 9.84 Å². The second-order valence-corrected chi connectivity index (χ2v) is 8.10. The topological polar surface area (TPSA) is 53.9 Å². The lowest BCUT2D eigenvalue weighted by Gasteiger charge is -2.27. The van der Waals surface area contributed by atoms with Gasteiger partial charge < -0.3 is 15.2 Å². The van der Waals surface area contributed by atoms with Crippen LogP contribution < -0.4 is 5.32 Å². The maximum atomic E-state index is 10.2. The number of aliphatic imine (C=N–C) groups is 1. The predicted octanol–water partition coefficient (Wildman–Crippen LogP) is 5.01. The Balaban J connectivity index is 1.59. The molecule has 3 aliphatic rings. The fourth-order valence-electron chi connectivity index (χ4n) is 4.09. The number of amidine groups is 1. The van der Waals surface area contributed by atoms with Gasteiger partial charge in [0.1, 0.15) is 11.0 Å². The lowest BCUT2D eigenvalue weighted by Crippen LogP contribution is -2.41. The Bertz CT molecular complexity index is 554. The van der Waals surface area contributed by atoms with Crippen LogP contribution in [0.4, 0.5) is 0 Å². The van der Waals surface area contributed by atoms with E-state index in [1.54, 1.807) is 0 Å². The molecule has 0 amide bonds. The highest BCUT2D eigenvalue weighted by atomic mass is 35.5. The first kappa shape index (κ1) is 17.8. The first-order valence-electron chi connectivity index (χ1n) is 9.30. The molecule has 3 atom stereocenters. The molecule has 24 heavy (non-hydrogen) atoms. The van der Waals surface area contributed by atoms with Crippen molar-refractivity contribution in [2.24, 2.45) is 16.8 Å². The van der Waals surface area contributed by atoms with Gasteiger partial charge in [0.25, 0.3) is 0 Å². The van der Waals surface area contributed by atoms with E-state index in [0.717, 1.165) is 55.9 Å². The van der Waals surface area contributed by atoms with Crippen LogP contribution in [0, 0.1) is 11.8 Å². The number of allylic oxidation sites excluding steroid dienone is 1. The molecular weight excluding hydrogens is 324 g/mol. The third-order valence-corrected chi connectivity index (χ3v) is 5.36. The summed E-state index contributed by atoms with van der Waals surface area (Å²) in [5, 5.41) is 13.9. The summed E-state index contributed by atoms with van der Waals surface area (Å²) in [5.74, 6) is 2.64. The van der Waals surface area contributed by atoms with E-state index in [1.165, 1.54) is 12.8 Å². The van der Waals surface area contributed by atoms with Gasteiger partial charge in [-0.1, -0.05) is 25.4 Å². The van der Waals surface area contributed by atoms with Crippen LogP contribution in [-0.4, -0.2) is 23.3 Å². The highest BCUT2D eigenvalue weighted by molar-refractivity contribution is 6.30. The zero-order chi connectivity index (χ0) is 17.1. The number of aliphatic hydroxyl groups excluding tert-OH is 1. The van der Waals surface area contributed by atoms with Gasteiger partial charge in [-0.25, -0.2) is 4.99 Å². The summed E-state index contributed by atoms with van der Waals surface area (Å²) in [6.45, 7) is 4.57. The molecule has 3 unspecified atom stereocenters. The zero-order valence-electron chi connectivity index (χ0n) is 14.7. The van der Waals surface area contributed by atoms with Crippen molar-refractivity contribution in [3.05, 3.63) is 22.6 Å². The van der Waals surface area contributed by atoms with E-state index in [9.17, 15) is 5.11 Å². The number of aliphatic hydroxyl groups is 1. The summed E-state index contributed by atoms with van der Waals surface area (Å²) in [4.78, 5) is 4.37. The van der Waals surface area contributed by atoms with Crippen molar-refractivity contribution in [2.75, 3.05) is 0 Å². The summed E-state index contributed by atoms with van der Waals surface area (Å²) in [6.07, 6.45) is 10.3. The molecule has 1 saturated carbocycles. The normalized spacial score (nSPS) is 31.1. The summed E-state index contributed by atoms with van der Waals surface area (Å²) in [5.41, 5.74) is 0.894. The Morgan fingerprint density at radius 1 is 1.33 bits per heavy atom. The number of nitrogens with zero attached hydrogens (tertiary/aromatic N) is 1. The van der Waals surface area contributed by atoms with E-state index < -0.39 is 0 Å². The van der Waals surface area contributed by atoms with Crippen LogP contribution in [0.2, 0.25) is 0 Å². The van der Waals surface area contributed by atoms with Gasteiger partial charge in [-0.2, -0.15) is 0 Å². The molecule has 0 aromatic carbocycles. The fraction of sp³-hybridized carbons (Fsp3) is 0.737. The number of ether oxygens (including phenoxy) is 1. The van der Waals surface area contributed by atoms with Crippen molar-refractivity contribution >= 4 is 17.4 Å². The summed E-state index contributed by atoms with van der Waals surface area (Å²) < 4.78 is 6.23. The van der Waals surface area contributed by atoms with Gasteiger partial charge in [0.05, 0.1) is 11.9 Å². The Hall–Kier alpha value is -1.00. The van der Waals surface area contributed by atoms with Crippen LogP contribution >= 0.6 is 11.6 Å². The van der Waals surface area contributed by atoms with E-state index >= 15 is 0 Å². The van der Waals surface area contributed by atoms with E-state index in [1.807, 2.05) is 6.08 Å². The Labute approximate surface area is 150 Å². The fourth-order valence-corrected chi connectivity index (χ4v) is 4.29. The average molecular weight is 353 g/mol. The predicted molar refractivity (Wildman–Crippen MR) is 98.1 cm³/mol. The van der Waals surface area contributed by atoms with Crippen LogP contribution in [0.25, 0.3) is 0 Å². The number of hydrogen-bond acceptors (Lipinski definition) is 4. The molecule has 1 aliphatic heterocycles. The van der Waals surface area contributed by atoms with Gasteiger partial charge in [-0.3, -0.25) is 0 Å². The maximum absolute atomic E-state index is 10.2. The van der Waals surface area contributed by atoms with E-state index in [0.29, 0.717) is 16.8 Å². The second-order valence-electron chi connectivity index (χ2n) is 7.71. The monoisotopic (exact) mass is 352 g/mol. The van der Waals surface area contributed by atoms with Crippen molar-refractivity contribution in [3.63, 3.8) is 0 Å². The average Bonchev–Trinajstić information content (AvgIpc) is 2.93.